The van der Waals surface area contributed by atoms with Crippen molar-refractivity contribution < 1.29 is 19.7 Å². The molecule has 1 aliphatic heterocycles. The van der Waals surface area contributed by atoms with Gasteiger partial charge < -0.3 is 19.7 Å². The first kappa shape index (κ1) is 17.0. The molecule has 0 spiro atoms. The molecule has 1 fully saturated rings. The smallest absolute Gasteiger partial charge is 0.330 e. The summed E-state index contributed by atoms with van der Waals surface area (Å²) in [6.45, 7) is 0.718. The van der Waals surface area contributed by atoms with Crippen LogP contribution in [0.1, 0.15) is 11.8 Å². The average molecular weight is 320 g/mol. The van der Waals surface area contributed by atoms with E-state index < -0.39 is 41.9 Å². The van der Waals surface area contributed by atoms with Crippen LogP contribution in [0.5, 0.6) is 0 Å². The summed E-state index contributed by atoms with van der Waals surface area (Å²) >= 11 is 0. The van der Waals surface area contributed by atoms with Gasteiger partial charge in [0, 0.05) is 11.8 Å². The van der Waals surface area contributed by atoms with Crippen LogP contribution in [0.4, 0.5) is 0 Å². The van der Waals surface area contributed by atoms with Crippen molar-refractivity contribution >= 4 is 0 Å². The van der Waals surface area contributed by atoms with Crippen molar-refractivity contribution in [2.75, 3.05) is 13.2 Å². The Morgan fingerprint density at radius 3 is 2.78 bits per heavy atom. The summed E-state index contributed by atoms with van der Waals surface area (Å²) in [6, 6.07) is 0. The second-order valence-corrected chi connectivity index (χ2v) is 5.05. The Kier molecular flexibility index (Phi) is 4.73. The molecule has 1 aromatic rings. The number of nitrogens with zero attached hydrogens (tertiary/aromatic N) is 1. The Labute approximate surface area is 131 Å². The molecule has 4 atom stereocenters. The molecule has 0 bridgehead atoms. The SMILES string of the molecule is C#CCO[C@]1(C#C)[C@@H](CO)O[C@@H](n2cc(C)c(=O)[nH]c2=O)[C@@H]1O. The maximum absolute atomic E-state index is 12.0. The largest absolute Gasteiger partial charge is 0.394 e. The van der Waals surface area contributed by atoms with Gasteiger partial charge in [0.2, 0.25) is 0 Å². The highest BCUT2D eigenvalue weighted by atomic mass is 16.6. The molecule has 3 N–H and O–H groups in total. The lowest BCUT2D eigenvalue weighted by atomic mass is 9.93. The third-order valence-electron chi connectivity index (χ3n) is 3.70. The Morgan fingerprint density at radius 1 is 1.52 bits per heavy atom. The number of aliphatic hydroxyl groups is 2. The van der Waals surface area contributed by atoms with E-state index in [1.54, 1.807) is 0 Å². The molecule has 1 aliphatic rings. The number of H-pyrrole nitrogens is 1. The normalized spacial score (nSPS) is 29.9. The summed E-state index contributed by atoms with van der Waals surface area (Å²) in [5, 5.41) is 20.0. The van der Waals surface area contributed by atoms with Crippen LogP contribution in [0.3, 0.4) is 0 Å². The molecule has 8 nitrogen and oxygen atoms in total. The average Bonchev–Trinajstić information content (AvgIpc) is 2.81. The Morgan fingerprint density at radius 2 is 2.22 bits per heavy atom. The molecule has 122 valence electrons. The minimum absolute atomic E-state index is 0.215. The van der Waals surface area contributed by atoms with E-state index >= 15 is 0 Å². The van der Waals surface area contributed by atoms with Gasteiger partial charge in [0.05, 0.1) is 6.61 Å². The second-order valence-electron chi connectivity index (χ2n) is 5.05. The highest BCUT2D eigenvalue weighted by Gasteiger charge is 2.57. The first-order valence-electron chi connectivity index (χ1n) is 6.73. The Hall–Kier alpha value is -2.36. The van der Waals surface area contributed by atoms with Crippen LogP contribution in [0, 0.1) is 31.6 Å². The van der Waals surface area contributed by atoms with E-state index in [2.05, 4.69) is 16.8 Å². The van der Waals surface area contributed by atoms with Gasteiger partial charge >= 0.3 is 5.69 Å². The molecule has 0 aliphatic carbocycles. The number of hydrogen-bond donors (Lipinski definition) is 3. The zero-order valence-corrected chi connectivity index (χ0v) is 12.4. The highest BCUT2D eigenvalue weighted by Crippen LogP contribution is 2.38. The summed E-state index contributed by atoms with van der Waals surface area (Å²) in [5.41, 5.74) is -2.81. The van der Waals surface area contributed by atoms with Crippen molar-refractivity contribution in [2.45, 2.75) is 31.0 Å². The summed E-state index contributed by atoms with van der Waals surface area (Å²) in [5.74, 6) is 4.49. The minimum Gasteiger partial charge on any atom is -0.394 e. The number of aromatic nitrogens is 2. The predicted octanol–water partition coefficient (Wildman–Crippen LogP) is -1.88. The topological polar surface area (TPSA) is 114 Å². The molecule has 0 unspecified atom stereocenters. The number of aryl methyl sites for hydroxylation is 1. The molecule has 8 heteroatoms. The van der Waals surface area contributed by atoms with Gasteiger partial charge in [-0.3, -0.25) is 14.3 Å². The predicted molar refractivity (Wildman–Crippen MR) is 79.4 cm³/mol. The van der Waals surface area contributed by atoms with Gasteiger partial charge in [-0.1, -0.05) is 11.8 Å². The number of aliphatic hydroxyl groups excluding tert-OH is 2. The molecule has 0 amide bonds. The van der Waals surface area contributed by atoms with Crippen LogP contribution in [0.25, 0.3) is 0 Å². The van der Waals surface area contributed by atoms with Gasteiger partial charge in [-0.15, -0.1) is 12.8 Å². The van der Waals surface area contributed by atoms with Crippen molar-refractivity contribution in [3.63, 3.8) is 0 Å². The molecule has 1 aromatic heterocycles. The third-order valence-corrected chi connectivity index (χ3v) is 3.70. The van der Waals surface area contributed by atoms with Crippen LogP contribution in [-0.2, 0) is 9.47 Å². The van der Waals surface area contributed by atoms with Gasteiger partial charge in [-0.2, -0.15) is 0 Å². The van der Waals surface area contributed by atoms with Crippen LogP contribution in [0.2, 0.25) is 0 Å². The van der Waals surface area contributed by atoms with Crippen molar-refractivity contribution in [1.82, 2.24) is 9.55 Å². The fourth-order valence-electron chi connectivity index (χ4n) is 2.48. The molecule has 2 rings (SSSR count). The fraction of sp³-hybridized carbons (Fsp3) is 0.467. The molecular weight excluding hydrogens is 304 g/mol. The zero-order valence-electron chi connectivity index (χ0n) is 12.4. The van der Waals surface area contributed by atoms with Crippen molar-refractivity contribution in [3.05, 3.63) is 32.6 Å². The Bertz CT molecular complexity index is 783. The standard InChI is InChI=1S/C15H16N2O6/c1-4-6-22-15(5-2)10(8-18)23-13(11(15)19)17-7-9(3)12(20)16-14(17)21/h1-2,7,10-11,13,18-19H,6,8H2,3H3,(H,16,20,21)/t10-,11+,13-,15-/m1/s1. The minimum atomic E-state index is -1.71. The summed E-state index contributed by atoms with van der Waals surface area (Å²) < 4.78 is 11.8. The molecular formula is C15H16N2O6. The number of nitrogens with one attached hydrogen (secondary N) is 1. The fourth-order valence-corrected chi connectivity index (χ4v) is 2.48. The lowest BCUT2D eigenvalue weighted by molar-refractivity contribution is -0.0897. The molecule has 0 radical (unpaired) electrons. The maximum atomic E-state index is 12.0. The zero-order chi connectivity index (χ0) is 17.2. The second kappa shape index (κ2) is 6.41. The third kappa shape index (κ3) is 2.69. The van der Waals surface area contributed by atoms with E-state index in [0.717, 1.165) is 4.57 Å². The van der Waals surface area contributed by atoms with Crippen LogP contribution in [0.15, 0.2) is 15.8 Å². The molecule has 23 heavy (non-hydrogen) atoms. The number of terminal acetylenes is 2. The number of rotatable bonds is 4. The number of ether oxygens (including phenoxy) is 2. The number of hydrogen-bond acceptors (Lipinski definition) is 6. The molecule has 1 saturated heterocycles. The van der Waals surface area contributed by atoms with Gasteiger partial charge in [-0.25, -0.2) is 4.79 Å². The highest BCUT2D eigenvalue weighted by molar-refractivity contribution is 5.22. The van der Waals surface area contributed by atoms with Crippen molar-refractivity contribution in [1.29, 1.82) is 0 Å². The van der Waals surface area contributed by atoms with Gasteiger partial charge in [0.15, 0.2) is 11.8 Å². The maximum Gasteiger partial charge on any atom is 0.330 e. The summed E-state index contributed by atoms with van der Waals surface area (Å²) in [7, 11) is 0. The summed E-state index contributed by atoms with van der Waals surface area (Å²) in [6.07, 6.45) is 8.00. The van der Waals surface area contributed by atoms with E-state index in [1.807, 2.05) is 0 Å². The molecule has 0 aromatic carbocycles. The Balaban J connectivity index is 2.50. The van der Waals surface area contributed by atoms with E-state index in [-0.39, 0.29) is 12.2 Å². The van der Waals surface area contributed by atoms with Crippen LogP contribution in [-0.4, -0.2) is 50.8 Å². The summed E-state index contributed by atoms with van der Waals surface area (Å²) in [4.78, 5) is 25.5. The van der Waals surface area contributed by atoms with E-state index in [9.17, 15) is 19.8 Å². The first-order chi connectivity index (χ1) is 10.9. The number of aromatic amines is 1. The lowest BCUT2D eigenvalue weighted by Crippen LogP contribution is -2.51. The van der Waals surface area contributed by atoms with Crippen molar-refractivity contribution in [2.24, 2.45) is 0 Å². The van der Waals surface area contributed by atoms with E-state index in [1.165, 1.54) is 13.1 Å². The molecule has 2 heterocycles. The van der Waals surface area contributed by atoms with Gasteiger partial charge in [0.25, 0.3) is 5.56 Å². The first-order valence-corrected chi connectivity index (χ1v) is 6.73. The van der Waals surface area contributed by atoms with Gasteiger partial charge in [0.1, 0.15) is 18.8 Å². The van der Waals surface area contributed by atoms with E-state index in [4.69, 9.17) is 22.3 Å². The van der Waals surface area contributed by atoms with Gasteiger partial charge in [-0.05, 0) is 6.92 Å². The lowest BCUT2D eigenvalue weighted by Gasteiger charge is -2.29. The van der Waals surface area contributed by atoms with Crippen molar-refractivity contribution in [3.8, 4) is 24.7 Å². The van der Waals surface area contributed by atoms with Crippen LogP contribution < -0.4 is 11.2 Å². The van der Waals surface area contributed by atoms with Crippen LogP contribution >= 0.6 is 0 Å². The monoisotopic (exact) mass is 320 g/mol. The quantitative estimate of drug-likeness (QED) is 0.560. The molecule has 0 saturated carbocycles. The van der Waals surface area contributed by atoms with E-state index in [0.29, 0.717) is 0 Å².